The number of aliphatic hydroxyl groups excluding tert-OH is 1. The monoisotopic (exact) mass is 120 g/mol. The number of ether oxygens (including phenoxy) is 1. The number of rotatable bonds is 4. The Morgan fingerprint density at radius 1 is 1.75 bits per heavy atom. The summed E-state index contributed by atoms with van der Waals surface area (Å²) in [6, 6.07) is 0. The van der Waals surface area contributed by atoms with Crippen LogP contribution in [0, 0.1) is 0 Å². The van der Waals surface area contributed by atoms with Crippen molar-refractivity contribution < 1.29 is 9.84 Å². The lowest BCUT2D eigenvalue weighted by atomic mass is 10.8. The molecule has 0 rings (SSSR count). The molecule has 0 radical (unpaired) electrons. The van der Waals surface area contributed by atoms with Crippen molar-refractivity contribution in [2.75, 3.05) is 13.7 Å². The second-order valence-corrected chi connectivity index (χ2v) is 1.26. The third-order valence-electron chi connectivity index (χ3n) is 0.626. The van der Waals surface area contributed by atoms with E-state index < -0.39 is 6.41 Å². The van der Waals surface area contributed by atoms with Crippen LogP contribution in [0.15, 0.2) is 0 Å². The highest BCUT2D eigenvalue weighted by Gasteiger charge is 1.93. The molecule has 1 unspecified atom stereocenters. The molecule has 3 N–H and O–H groups in total. The molecule has 0 saturated carbocycles. The molecular weight excluding hydrogens is 108 g/mol. The van der Waals surface area contributed by atoms with Gasteiger partial charge in [-0.3, -0.25) is 5.43 Å². The van der Waals surface area contributed by atoms with Gasteiger partial charge in [0.2, 0.25) is 6.41 Å². The fraction of sp³-hybridized carbons (Fsp3) is 1.00. The first-order valence-electron chi connectivity index (χ1n) is 2.50. The van der Waals surface area contributed by atoms with Crippen LogP contribution in [0.4, 0.5) is 0 Å². The van der Waals surface area contributed by atoms with Gasteiger partial charge in [0.05, 0.1) is 0 Å². The molecular formula is C4H12N2O2. The molecule has 0 aliphatic heterocycles. The minimum absolute atomic E-state index is 0.750. The smallest absolute Gasteiger partial charge is 0.226 e. The van der Waals surface area contributed by atoms with Gasteiger partial charge in [-0.25, -0.2) is 5.43 Å². The van der Waals surface area contributed by atoms with Crippen LogP contribution in [-0.2, 0) is 4.74 Å². The first-order chi connectivity index (χ1) is 3.81. The summed E-state index contributed by atoms with van der Waals surface area (Å²) in [5, 5.41) is 8.59. The van der Waals surface area contributed by atoms with Gasteiger partial charge in [-0.1, -0.05) is 6.92 Å². The largest absolute Gasteiger partial charge is 0.355 e. The average Bonchev–Trinajstić information content (AvgIpc) is 1.83. The second-order valence-electron chi connectivity index (χ2n) is 1.26. The summed E-state index contributed by atoms with van der Waals surface area (Å²) in [7, 11) is 1.41. The van der Waals surface area contributed by atoms with Crippen molar-refractivity contribution in [3.8, 4) is 0 Å². The van der Waals surface area contributed by atoms with E-state index in [4.69, 9.17) is 5.11 Å². The molecule has 0 amide bonds. The van der Waals surface area contributed by atoms with Crippen molar-refractivity contribution in [3.05, 3.63) is 0 Å². The van der Waals surface area contributed by atoms with Crippen LogP contribution in [0.25, 0.3) is 0 Å². The fourth-order valence-electron chi connectivity index (χ4n) is 0.248. The van der Waals surface area contributed by atoms with E-state index in [0.29, 0.717) is 0 Å². The molecule has 4 nitrogen and oxygen atoms in total. The molecule has 0 spiro atoms. The van der Waals surface area contributed by atoms with E-state index in [2.05, 4.69) is 15.6 Å². The number of nitrogens with one attached hydrogen (secondary N) is 2. The first-order valence-corrected chi connectivity index (χ1v) is 2.50. The molecule has 0 aromatic carbocycles. The van der Waals surface area contributed by atoms with Crippen molar-refractivity contribution in [1.29, 1.82) is 0 Å². The number of hydrogen-bond donors (Lipinski definition) is 3. The lowest BCUT2D eigenvalue weighted by Gasteiger charge is -2.09. The molecule has 0 aliphatic rings. The lowest BCUT2D eigenvalue weighted by Crippen LogP contribution is -2.41. The van der Waals surface area contributed by atoms with Gasteiger partial charge in [-0.2, -0.15) is 0 Å². The van der Waals surface area contributed by atoms with E-state index >= 15 is 0 Å². The molecule has 0 aromatic heterocycles. The minimum Gasteiger partial charge on any atom is -0.355 e. The maximum absolute atomic E-state index is 8.59. The molecule has 0 saturated heterocycles. The van der Waals surface area contributed by atoms with Gasteiger partial charge in [-0.15, -0.1) is 0 Å². The molecule has 0 heterocycles. The predicted octanol–water partition coefficient (Wildman–Crippen LogP) is -0.977. The van der Waals surface area contributed by atoms with Gasteiger partial charge in [0, 0.05) is 13.7 Å². The topological polar surface area (TPSA) is 53.5 Å². The van der Waals surface area contributed by atoms with Gasteiger partial charge in [0.15, 0.2) is 0 Å². The van der Waals surface area contributed by atoms with Gasteiger partial charge in [-0.05, 0) is 0 Å². The van der Waals surface area contributed by atoms with Crippen molar-refractivity contribution in [1.82, 2.24) is 10.9 Å². The zero-order chi connectivity index (χ0) is 6.41. The maximum Gasteiger partial charge on any atom is 0.226 e. The van der Waals surface area contributed by atoms with E-state index in [1.165, 1.54) is 7.11 Å². The summed E-state index contributed by atoms with van der Waals surface area (Å²) in [6.45, 7) is 2.66. The molecule has 0 fully saturated rings. The molecule has 0 aliphatic carbocycles. The third kappa shape index (κ3) is 4.01. The molecule has 4 heteroatoms. The molecule has 8 heavy (non-hydrogen) atoms. The number of hydrazine groups is 1. The van der Waals surface area contributed by atoms with Crippen molar-refractivity contribution in [2.24, 2.45) is 0 Å². The second kappa shape index (κ2) is 4.99. The molecule has 1 atom stereocenters. The van der Waals surface area contributed by atoms with Crippen molar-refractivity contribution in [3.63, 3.8) is 0 Å². The van der Waals surface area contributed by atoms with Gasteiger partial charge in [0.1, 0.15) is 0 Å². The van der Waals surface area contributed by atoms with Crippen LogP contribution in [0.5, 0.6) is 0 Å². The first kappa shape index (κ1) is 7.84. The van der Waals surface area contributed by atoms with E-state index in [-0.39, 0.29) is 0 Å². The Labute approximate surface area is 48.8 Å². The number of hydrogen-bond acceptors (Lipinski definition) is 4. The fourth-order valence-corrected chi connectivity index (χ4v) is 0.248. The van der Waals surface area contributed by atoms with Crippen LogP contribution >= 0.6 is 0 Å². The summed E-state index contributed by atoms with van der Waals surface area (Å²) in [5.74, 6) is 0. The van der Waals surface area contributed by atoms with E-state index in [1.807, 2.05) is 6.92 Å². The van der Waals surface area contributed by atoms with Crippen LogP contribution < -0.4 is 10.9 Å². The zero-order valence-corrected chi connectivity index (χ0v) is 5.14. The van der Waals surface area contributed by atoms with Crippen molar-refractivity contribution in [2.45, 2.75) is 13.3 Å². The maximum atomic E-state index is 8.59. The number of aliphatic hydroxyl groups is 1. The predicted molar refractivity (Wildman–Crippen MR) is 29.8 cm³/mol. The van der Waals surface area contributed by atoms with E-state index in [1.54, 1.807) is 0 Å². The average molecular weight is 120 g/mol. The standard InChI is InChI=1S/C4H12N2O2/c1-3-5-6-4(7)8-2/h4-7H,3H2,1-2H3. The van der Waals surface area contributed by atoms with Crippen LogP contribution in [0.1, 0.15) is 6.92 Å². The Bertz CT molecular complexity index is 51.3. The highest BCUT2D eigenvalue weighted by atomic mass is 16.6. The molecule has 0 aromatic rings. The Balaban J connectivity index is 2.86. The Hall–Kier alpha value is -0.160. The number of methoxy groups -OCH3 is 1. The van der Waals surface area contributed by atoms with E-state index in [0.717, 1.165) is 6.54 Å². The van der Waals surface area contributed by atoms with Gasteiger partial charge < -0.3 is 9.84 Å². The highest BCUT2D eigenvalue weighted by Crippen LogP contribution is 1.69. The summed E-state index contributed by atoms with van der Waals surface area (Å²) >= 11 is 0. The third-order valence-corrected chi connectivity index (χ3v) is 0.626. The Morgan fingerprint density at radius 2 is 2.38 bits per heavy atom. The minimum atomic E-state index is -0.907. The SMILES string of the molecule is CCNNC(O)OC. The Kier molecular flexibility index (Phi) is 4.89. The lowest BCUT2D eigenvalue weighted by molar-refractivity contribution is -0.105. The Morgan fingerprint density at radius 3 is 2.75 bits per heavy atom. The molecule has 0 bridgehead atoms. The zero-order valence-electron chi connectivity index (χ0n) is 5.14. The summed E-state index contributed by atoms with van der Waals surface area (Å²) in [6.07, 6.45) is -0.907. The van der Waals surface area contributed by atoms with Gasteiger partial charge >= 0.3 is 0 Å². The van der Waals surface area contributed by atoms with Gasteiger partial charge in [0.25, 0.3) is 0 Å². The normalized spacial score (nSPS) is 13.9. The molecule has 50 valence electrons. The van der Waals surface area contributed by atoms with E-state index in [9.17, 15) is 0 Å². The highest BCUT2D eigenvalue weighted by molar-refractivity contribution is 4.28. The summed E-state index contributed by atoms with van der Waals surface area (Å²) < 4.78 is 4.43. The summed E-state index contributed by atoms with van der Waals surface area (Å²) in [5.41, 5.74) is 5.14. The van der Waals surface area contributed by atoms with Crippen molar-refractivity contribution >= 4 is 0 Å². The van der Waals surface area contributed by atoms with Crippen LogP contribution in [-0.4, -0.2) is 25.2 Å². The van der Waals surface area contributed by atoms with Crippen LogP contribution in [0.3, 0.4) is 0 Å². The quantitative estimate of drug-likeness (QED) is 0.330. The van der Waals surface area contributed by atoms with Crippen LogP contribution in [0.2, 0.25) is 0 Å². The summed E-state index contributed by atoms with van der Waals surface area (Å²) in [4.78, 5) is 0.